The van der Waals surface area contributed by atoms with Crippen LogP contribution in [0.25, 0.3) is 0 Å². The summed E-state index contributed by atoms with van der Waals surface area (Å²) >= 11 is -10.3. The fourth-order valence-corrected chi connectivity index (χ4v) is 40.0. The molecule has 0 atom stereocenters. The molecule has 0 bridgehead atoms. The number of hydrogen-bond acceptors (Lipinski definition) is 0. The molecule has 0 saturated heterocycles. The van der Waals surface area contributed by atoms with Crippen molar-refractivity contribution < 1.29 is 87.8 Å². The van der Waals surface area contributed by atoms with Crippen LogP contribution in [0, 0.1) is 158 Å². The van der Waals surface area contributed by atoms with Gasteiger partial charge in [0.1, 0.15) is 31.8 Å². The van der Waals surface area contributed by atoms with Crippen LogP contribution < -0.4 is 32.0 Å². The van der Waals surface area contributed by atoms with Gasteiger partial charge in [0.15, 0.2) is 0 Å². The van der Waals surface area contributed by atoms with Gasteiger partial charge >= 0.3 is 244 Å². The summed E-state index contributed by atoms with van der Waals surface area (Å²) in [5.74, 6) is -70.3. The van der Waals surface area contributed by atoms with E-state index in [-0.39, 0.29) is 0 Å². The van der Waals surface area contributed by atoms with Crippen LogP contribution in [0.15, 0.2) is 146 Å². The van der Waals surface area contributed by atoms with Gasteiger partial charge in [0, 0.05) is 0 Å². The van der Waals surface area contributed by atoms with Crippen molar-refractivity contribution in [3.8, 4) is 0 Å². The summed E-state index contributed by atoms with van der Waals surface area (Å²) in [5, 5.41) is 8.98. The first kappa shape index (κ1) is 68.1. The molecule has 460 valence electrons. The van der Waals surface area contributed by atoms with E-state index < -0.39 is 172 Å². The summed E-state index contributed by atoms with van der Waals surface area (Å²) in [6, 6.07) is 53.1. The third-order valence-electron chi connectivity index (χ3n) is 15.8. The number of aryl methyl sites for hydroxylation is 6. The first-order chi connectivity index (χ1) is 42.1. The van der Waals surface area contributed by atoms with Crippen molar-refractivity contribution in [1.82, 2.24) is 0 Å². The van der Waals surface area contributed by atoms with Crippen molar-refractivity contribution in [2.24, 2.45) is 0 Å². The minimum atomic E-state index is -10.3. The molecule has 0 nitrogen and oxygen atoms in total. The summed E-state index contributed by atoms with van der Waals surface area (Å²) in [5.41, 5.74) is 8.35. The predicted octanol–water partition coefficient (Wildman–Crippen LogP) is 14.1. The Balaban J connectivity index is 0.000000193. The van der Waals surface area contributed by atoms with Crippen molar-refractivity contribution in [3.63, 3.8) is 0 Å². The van der Waals surface area contributed by atoms with Crippen LogP contribution in [0.3, 0.4) is 0 Å². The standard InChI is InChI=1S/2C21H21P.4C6F5.Ba/c2*1-16-10-4-7-13-19(16)22(20-14-8-5-11-17(20)2)21-15-9-6-12-18(21)3;4*7-2-1-3(8)5(10)6(11)4(2)9;/h2*4-15H,1-3H3;;;;;/q;;;;;;-2/p+2. The third-order valence-corrected chi connectivity index (χ3v) is 43.5. The molecule has 0 aromatic heterocycles. The SMILES string of the molecule is Cc1ccccc1[PH+](c1ccccc1C)c1ccccc1C.Cc1ccccc1[PH+](c1ccccc1C)c1ccccc1C.Fc1c(F)c(F)[c]([Ba-2]([c]2c(F)c(F)c(F)c(F)c2F)([c]2c(F)c(F)c(F)c(F)c2F)[c]2c(F)c(F)c(F)c(F)c2F)c(F)c1F. The average molecular weight is 1420 g/mol. The molecule has 0 heterocycles. The average Bonchev–Trinajstić information content (AvgIpc) is 0.684. The summed E-state index contributed by atoms with van der Waals surface area (Å²) in [6.45, 7) is 13.4. The van der Waals surface area contributed by atoms with Crippen LogP contribution in [0.5, 0.6) is 0 Å². The molecule has 10 aromatic rings. The van der Waals surface area contributed by atoms with Crippen LogP contribution in [-0.4, -0.2) is 39.5 Å². The number of rotatable bonds is 10. The number of hydrogen-bond donors (Lipinski definition) is 0. The van der Waals surface area contributed by atoms with Gasteiger partial charge in [-0.3, -0.25) is 0 Å². The molecule has 0 aliphatic carbocycles. The summed E-state index contributed by atoms with van der Waals surface area (Å²) < 4.78 is 281. The molecule has 0 aliphatic rings. The van der Waals surface area contributed by atoms with Gasteiger partial charge in [-0.25, -0.2) is 0 Å². The normalized spacial score (nSPS) is 11.5. The van der Waals surface area contributed by atoms with Gasteiger partial charge in [-0.2, -0.15) is 0 Å². The molecule has 23 heteroatoms. The van der Waals surface area contributed by atoms with Crippen LogP contribution in [0.1, 0.15) is 33.4 Å². The van der Waals surface area contributed by atoms with Crippen LogP contribution in [0.2, 0.25) is 0 Å². The number of benzene rings is 10. The molecule has 0 N–H and O–H groups in total. The topological polar surface area (TPSA) is 0 Å². The molecular weight excluding hydrogens is 1370 g/mol. The van der Waals surface area contributed by atoms with E-state index in [4.69, 9.17) is 0 Å². The zero-order valence-corrected chi connectivity index (χ0v) is 53.6. The monoisotopic (exact) mass is 1420 g/mol. The second-order valence-electron chi connectivity index (χ2n) is 20.9. The second kappa shape index (κ2) is 27.8. The molecule has 0 radical (unpaired) electrons. The van der Waals surface area contributed by atoms with Crippen molar-refractivity contribution in [3.05, 3.63) is 295 Å². The Morgan fingerprint density at radius 1 is 0.180 bits per heavy atom. The number of halogens is 20. The fourth-order valence-electron chi connectivity index (χ4n) is 11.5. The molecular formula is C66H44BaF20P2. The van der Waals surface area contributed by atoms with Gasteiger partial charge in [-0.15, -0.1) is 0 Å². The zero-order chi connectivity index (χ0) is 65.4. The van der Waals surface area contributed by atoms with Gasteiger partial charge < -0.3 is 0 Å². The van der Waals surface area contributed by atoms with E-state index in [1.165, 1.54) is 65.2 Å². The summed E-state index contributed by atoms with van der Waals surface area (Å²) in [7, 11) is -1.94. The van der Waals surface area contributed by atoms with E-state index in [0.29, 0.717) is 0 Å². The Kier molecular flexibility index (Phi) is 21.3. The van der Waals surface area contributed by atoms with Gasteiger partial charge in [0.05, 0.1) is 15.8 Å². The minimum absolute atomic E-state index is 0.968. The Morgan fingerprint density at radius 3 is 0.416 bits per heavy atom. The summed E-state index contributed by atoms with van der Waals surface area (Å²) in [6.07, 6.45) is 0. The van der Waals surface area contributed by atoms with E-state index >= 15 is 35.1 Å². The Labute approximate surface area is 508 Å². The van der Waals surface area contributed by atoms with E-state index in [1.54, 1.807) is 0 Å². The first-order valence-corrected chi connectivity index (χ1v) is 38.5. The van der Waals surface area contributed by atoms with Crippen LogP contribution in [0.4, 0.5) is 87.8 Å². The molecule has 0 fully saturated rings. The molecule has 10 rings (SSSR count). The molecule has 89 heavy (non-hydrogen) atoms. The summed E-state index contributed by atoms with van der Waals surface area (Å²) in [4.78, 5) is 0. The van der Waals surface area contributed by atoms with E-state index in [2.05, 4.69) is 187 Å². The first-order valence-electron chi connectivity index (χ1n) is 26.7. The predicted molar refractivity (Wildman–Crippen MR) is 311 cm³/mol. The van der Waals surface area contributed by atoms with E-state index in [9.17, 15) is 52.7 Å². The molecule has 0 amide bonds. The van der Waals surface area contributed by atoms with Crippen molar-refractivity contribution in [2.45, 2.75) is 41.5 Å². The van der Waals surface area contributed by atoms with E-state index in [0.717, 1.165) is 0 Å². The van der Waals surface area contributed by atoms with Crippen molar-refractivity contribution in [2.75, 3.05) is 0 Å². The fraction of sp³-hybridized carbons (Fsp3) is 0.0909. The third kappa shape index (κ3) is 12.3. The van der Waals surface area contributed by atoms with Gasteiger partial charge in [0.2, 0.25) is 0 Å². The van der Waals surface area contributed by atoms with Crippen molar-refractivity contribution >= 4 is 87.3 Å². The zero-order valence-electron chi connectivity index (χ0n) is 47.1. The van der Waals surface area contributed by atoms with E-state index in [1.807, 2.05) is 0 Å². The molecule has 10 aromatic carbocycles. The molecule has 0 aliphatic heterocycles. The quantitative estimate of drug-likeness (QED) is 0.0421. The molecule has 0 spiro atoms. The van der Waals surface area contributed by atoms with Crippen molar-refractivity contribution in [1.29, 1.82) is 0 Å². The van der Waals surface area contributed by atoms with Crippen LogP contribution in [-0.2, 0) is 0 Å². The maximum absolute atomic E-state index is 15.4. The Hall–Kier alpha value is -6.77. The second-order valence-corrected chi connectivity index (χ2v) is 41.2. The molecule has 0 saturated carbocycles. The van der Waals surface area contributed by atoms with Crippen LogP contribution >= 0.6 is 15.8 Å². The Morgan fingerprint density at radius 2 is 0.292 bits per heavy atom. The molecule has 0 unspecified atom stereocenters. The maximum atomic E-state index is 15.4. The van der Waals surface area contributed by atoms with Gasteiger partial charge in [0.25, 0.3) is 0 Å². The van der Waals surface area contributed by atoms with Gasteiger partial charge in [-0.05, 0) is 111 Å². The Bertz CT molecular complexity index is 3650. The van der Waals surface area contributed by atoms with Gasteiger partial charge in [-0.1, -0.05) is 109 Å².